The smallest absolute Gasteiger partial charge is 0.457 e. The van der Waals surface area contributed by atoms with Gasteiger partial charge in [0.05, 0.1) is 20.4 Å². The first-order valence-electron chi connectivity index (χ1n) is 8.50. The first-order valence-corrected chi connectivity index (χ1v) is 11.7. The van der Waals surface area contributed by atoms with E-state index in [1.807, 2.05) is 71.4 Å². The Morgan fingerprint density at radius 1 is 1.17 bits per heavy atom. The summed E-state index contributed by atoms with van der Waals surface area (Å²) in [6.07, 6.45) is -4.80. The molecule has 1 amide bonds. The molecular weight excluding hydrogens is 730 g/mol. The number of alkyl halides is 3. The molecule has 1 unspecified atom stereocenters. The molecule has 1 aliphatic heterocycles. The number of hydrogen-bond donors (Lipinski definition) is 1. The Labute approximate surface area is 208 Å². The highest BCUT2D eigenvalue weighted by Gasteiger charge is 2.51. The summed E-state index contributed by atoms with van der Waals surface area (Å²) in [6.45, 7) is 8.09. The minimum Gasteiger partial charge on any atom is -0.457 e. The average molecular weight is 750 g/mol. The zero-order valence-electron chi connectivity index (χ0n) is 16.3. The molecular formula is C18H20F3I3N2O3. The fourth-order valence-electron chi connectivity index (χ4n) is 3.29. The van der Waals surface area contributed by atoms with E-state index < -0.39 is 29.7 Å². The van der Waals surface area contributed by atoms with Crippen LogP contribution in [0.5, 0.6) is 0 Å². The third-order valence-corrected chi connectivity index (χ3v) is 8.15. The molecule has 0 radical (unpaired) electrons. The molecule has 0 aliphatic carbocycles. The number of likely N-dealkylation sites (N-methyl/N-ethyl adjacent to an activating group) is 1. The van der Waals surface area contributed by atoms with Crippen LogP contribution in [-0.2, 0) is 9.53 Å². The van der Waals surface area contributed by atoms with Crippen LogP contribution in [0.15, 0.2) is 6.07 Å². The van der Waals surface area contributed by atoms with Crippen LogP contribution in [0.1, 0.15) is 44.5 Å². The van der Waals surface area contributed by atoms with Crippen LogP contribution in [0.2, 0.25) is 0 Å². The molecule has 1 N–H and O–H groups in total. The number of esters is 1. The Kier molecular flexibility index (Phi) is 7.49. The van der Waals surface area contributed by atoms with Gasteiger partial charge < -0.3 is 10.1 Å². The monoisotopic (exact) mass is 750 g/mol. The first-order chi connectivity index (χ1) is 13.0. The number of carbonyl (C=O) groups is 2. The Hall–Kier alpha value is 0.1000. The molecule has 29 heavy (non-hydrogen) atoms. The normalized spacial score (nSPS) is 21.1. The second-order valence-electron chi connectivity index (χ2n) is 7.98. The molecule has 1 aromatic carbocycles. The number of amides is 1. The molecule has 1 fully saturated rings. The van der Waals surface area contributed by atoms with Crippen molar-refractivity contribution in [1.82, 2.24) is 4.90 Å². The van der Waals surface area contributed by atoms with Gasteiger partial charge in [0.15, 0.2) is 0 Å². The van der Waals surface area contributed by atoms with Crippen molar-refractivity contribution in [2.45, 2.75) is 57.5 Å². The van der Waals surface area contributed by atoms with Crippen molar-refractivity contribution in [3.05, 3.63) is 22.3 Å². The molecule has 1 heterocycles. The van der Waals surface area contributed by atoms with Crippen molar-refractivity contribution < 1.29 is 27.5 Å². The molecule has 11 heteroatoms. The van der Waals surface area contributed by atoms with Crippen molar-refractivity contribution in [2.75, 3.05) is 12.4 Å². The van der Waals surface area contributed by atoms with E-state index in [-0.39, 0.29) is 20.4 Å². The SMILES string of the molecule is CN1C(C)(C)CC(OC(=O)c2c(I)cc(I)c(NC(=O)C(F)(F)F)c2I)C1(C)C. The predicted molar refractivity (Wildman–Crippen MR) is 129 cm³/mol. The van der Waals surface area contributed by atoms with Gasteiger partial charge in [-0.25, -0.2) is 4.79 Å². The number of nitrogens with zero attached hydrogens (tertiary/aromatic N) is 1. The lowest BCUT2D eigenvalue weighted by atomic mass is 9.97. The number of ether oxygens (including phenoxy) is 1. The van der Waals surface area contributed by atoms with Crippen LogP contribution >= 0.6 is 67.8 Å². The number of hydrogen-bond acceptors (Lipinski definition) is 4. The molecule has 0 saturated carbocycles. The molecule has 1 aliphatic rings. The van der Waals surface area contributed by atoms with Crippen molar-refractivity contribution in [3.8, 4) is 0 Å². The Morgan fingerprint density at radius 3 is 2.17 bits per heavy atom. The lowest BCUT2D eigenvalue weighted by Gasteiger charge is -2.37. The molecule has 5 nitrogen and oxygen atoms in total. The second kappa shape index (κ2) is 8.56. The number of benzene rings is 1. The fourth-order valence-corrected chi connectivity index (χ4v) is 7.37. The number of anilines is 1. The zero-order valence-corrected chi connectivity index (χ0v) is 22.8. The standard InChI is InChI=1S/C18H20F3I3N2O3/c1-16(2)7-10(17(3,4)26(16)5)29-14(27)11-8(22)6-9(23)13(12(11)24)25-15(28)18(19,20)21/h6,10H,7H2,1-5H3,(H,25,28). The van der Waals surface area contributed by atoms with Crippen LogP contribution < -0.4 is 5.32 Å². The van der Waals surface area contributed by atoms with Crippen LogP contribution in [-0.4, -0.2) is 47.2 Å². The third kappa shape index (κ3) is 5.13. The fraction of sp³-hybridized carbons (Fsp3) is 0.556. The van der Waals surface area contributed by atoms with Gasteiger partial charge in [-0.1, -0.05) is 0 Å². The Balaban J connectivity index is 2.39. The highest BCUT2D eigenvalue weighted by atomic mass is 127. The van der Waals surface area contributed by atoms with Gasteiger partial charge in [-0.2, -0.15) is 13.2 Å². The van der Waals surface area contributed by atoms with E-state index in [0.29, 0.717) is 13.6 Å². The minimum absolute atomic E-state index is 0.0518. The third-order valence-electron chi connectivity index (χ3n) is 5.36. The highest BCUT2D eigenvalue weighted by molar-refractivity contribution is 14.1. The Bertz CT molecular complexity index is 857. The van der Waals surface area contributed by atoms with Gasteiger partial charge in [-0.05, 0) is 109 Å². The van der Waals surface area contributed by atoms with Gasteiger partial charge in [0.25, 0.3) is 0 Å². The van der Waals surface area contributed by atoms with E-state index in [4.69, 9.17) is 4.74 Å². The topological polar surface area (TPSA) is 58.6 Å². The van der Waals surface area contributed by atoms with Crippen LogP contribution in [0, 0.1) is 10.7 Å². The summed E-state index contributed by atoms with van der Waals surface area (Å²) in [5.41, 5.74) is -0.490. The number of carbonyl (C=O) groups excluding carboxylic acids is 2. The summed E-state index contributed by atoms with van der Waals surface area (Å²) in [6, 6.07) is 1.54. The predicted octanol–water partition coefficient (Wildman–Crippen LogP) is 5.42. The van der Waals surface area contributed by atoms with E-state index in [1.54, 1.807) is 28.7 Å². The maximum Gasteiger partial charge on any atom is 0.471 e. The average Bonchev–Trinajstić information content (AvgIpc) is 2.69. The molecule has 0 aromatic heterocycles. The van der Waals surface area contributed by atoms with Gasteiger partial charge >= 0.3 is 18.1 Å². The summed E-state index contributed by atoms with van der Waals surface area (Å²) in [4.78, 5) is 26.6. The minimum atomic E-state index is -5.03. The Morgan fingerprint density at radius 2 is 1.72 bits per heavy atom. The van der Waals surface area contributed by atoms with E-state index in [9.17, 15) is 22.8 Å². The van der Waals surface area contributed by atoms with Crippen molar-refractivity contribution in [2.24, 2.45) is 0 Å². The first kappa shape index (κ1) is 25.4. The molecule has 1 aromatic rings. The number of likely N-dealkylation sites (tertiary alicyclic amines) is 1. The van der Waals surface area contributed by atoms with Crippen LogP contribution in [0.4, 0.5) is 18.9 Å². The van der Waals surface area contributed by atoms with Crippen molar-refractivity contribution >= 4 is 85.3 Å². The molecule has 1 atom stereocenters. The van der Waals surface area contributed by atoms with Gasteiger partial charge in [0.1, 0.15) is 6.10 Å². The maximum atomic E-state index is 13.0. The lowest BCUT2D eigenvalue weighted by molar-refractivity contribution is -0.167. The summed E-state index contributed by atoms with van der Waals surface area (Å²) in [5, 5.41) is 1.87. The van der Waals surface area contributed by atoms with Crippen molar-refractivity contribution in [3.63, 3.8) is 0 Å². The molecule has 1 saturated heterocycles. The van der Waals surface area contributed by atoms with Gasteiger partial charge in [0.2, 0.25) is 0 Å². The quantitative estimate of drug-likeness (QED) is 0.332. The molecule has 0 bridgehead atoms. The van der Waals surface area contributed by atoms with Gasteiger partial charge in [0, 0.05) is 19.1 Å². The van der Waals surface area contributed by atoms with E-state index in [2.05, 4.69) is 18.7 Å². The van der Waals surface area contributed by atoms with Crippen molar-refractivity contribution in [1.29, 1.82) is 0 Å². The van der Waals surface area contributed by atoms with Crippen LogP contribution in [0.25, 0.3) is 0 Å². The number of nitrogens with one attached hydrogen (secondary N) is 1. The zero-order chi connectivity index (χ0) is 22.5. The lowest BCUT2D eigenvalue weighted by Crippen LogP contribution is -2.48. The molecule has 162 valence electrons. The number of rotatable bonds is 3. The molecule has 2 rings (SSSR count). The summed E-state index contributed by atoms with van der Waals surface area (Å²) >= 11 is 5.54. The van der Waals surface area contributed by atoms with Gasteiger partial charge in [-0.15, -0.1) is 0 Å². The van der Waals surface area contributed by atoms with E-state index in [1.165, 1.54) is 0 Å². The number of halogens is 6. The van der Waals surface area contributed by atoms with Gasteiger partial charge in [-0.3, -0.25) is 9.69 Å². The van der Waals surface area contributed by atoms with E-state index >= 15 is 0 Å². The largest absolute Gasteiger partial charge is 0.471 e. The van der Waals surface area contributed by atoms with Crippen LogP contribution in [0.3, 0.4) is 0 Å². The highest BCUT2D eigenvalue weighted by Crippen LogP contribution is 2.42. The summed E-state index contributed by atoms with van der Waals surface area (Å²) in [7, 11) is 1.97. The maximum absolute atomic E-state index is 13.0. The summed E-state index contributed by atoms with van der Waals surface area (Å²) < 4.78 is 45.0. The summed E-state index contributed by atoms with van der Waals surface area (Å²) in [5.74, 6) is -2.71. The molecule has 0 spiro atoms. The van der Waals surface area contributed by atoms with E-state index in [0.717, 1.165) is 0 Å². The second-order valence-corrected chi connectivity index (χ2v) is 11.4.